The molecular weight excluding hydrogens is 381 g/mol. The molecule has 25 heavy (non-hydrogen) atoms. The Labute approximate surface area is 158 Å². The smallest absolute Gasteiger partial charge is 0.274 e. The first-order chi connectivity index (χ1) is 11.9. The molecule has 8 heteroatoms. The van der Waals surface area contributed by atoms with Crippen molar-refractivity contribution in [2.45, 2.75) is 31.8 Å². The number of aryl methyl sites for hydroxylation is 1. The van der Waals surface area contributed by atoms with E-state index in [9.17, 15) is 9.59 Å². The Morgan fingerprint density at radius 2 is 2.08 bits per heavy atom. The lowest BCUT2D eigenvalue weighted by atomic mass is 10.1. The predicted molar refractivity (Wildman–Crippen MR) is 98.0 cm³/mol. The van der Waals surface area contributed by atoms with Crippen LogP contribution in [0, 0.1) is 12.8 Å². The SMILES string of the molecule is Cc1nc(C(=O)N2[C@H](C(N)=O)C[C@H]3C[C@@H]32)c(-c2cccc(Cl)c2Cl)s1. The quantitative estimate of drug-likeness (QED) is 0.863. The molecule has 1 aliphatic heterocycles. The summed E-state index contributed by atoms with van der Waals surface area (Å²) in [5.41, 5.74) is 6.48. The first-order valence-corrected chi connectivity index (χ1v) is 9.49. The number of aromatic nitrogens is 1. The van der Waals surface area contributed by atoms with Crippen molar-refractivity contribution in [3.05, 3.63) is 38.9 Å². The number of amides is 2. The normalized spacial score (nSPS) is 24.3. The van der Waals surface area contributed by atoms with Crippen LogP contribution in [-0.4, -0.2) is 33.8 Å². The van der Waals surface area contributed by atoms with Gasteiger partial charge in [-0.3, -0.25) is 9.59 Å². The molecule has 1 aliphatic carbocycles. The van der Waals surface area contributed by atoms with E-state index in [1.165, 1.54) is 11.3 Å². The fourth-order valence-corrected chi connectivity index (χ4v) is 4.95. The average Bonchev–Trinajstić information content (AvgIpc) is 3.05. The van der Waals surface area contributed by atoms with Crippen LogP contribution in [0.3, 0.4) is 0 Å². The molecule has 1 aromatic carbocycles. The number of thiazole rings is 1. The van der Waals surface area contributed by atoms with Gasteiger partial charge in [0.1, 0.15) is 11.7 Å². The Bertz CT molecular complexity index is 898. The fourth-order valence-electron chi connectivity index (χ4n) is 3.56. The minimum Gasteiger partial charge on any atom is -0.368 e. The van der Waals surface area contributed by atoms with Gasteiger partial charge in [-0.1, -0.05) is 35.3 Å². The van der Waals surface area contributed by atoms with Crippen molar-refractivity contribution in [2.75, 3.05) is 0 Å². The highest BCUT2D eigenvalue weighted by Gasteiger charge is 2.56. The van der Waals surface area contributed by atoms with Gasteiger partial charge >= 0.3 is 0 Å². The van der Waals surface area contributed by atoms with E-state index in [4.69, 9.17) is 28.9 Å². The lowest BCUT2D eigenvalue weighted by molar-refractivity contribution is -0.122. The van der Waals surface area contributed by atoms with Crippen LogP contribution < -0.4 is 5.73 Å². The molecular formula is C17H15Cl2N3O2S. The maximum Gasteiger partial charge on any atom is 0.274 e. The van der Waals surface area contributed by atoms with Crippen LogP contribution in [-0.2, 0) is 4.79 Å². The average molecular weight is 396 g/mol. The molecule has 1 saturated heterocycles. The van der Waals surface area contributed by atoms with Gasteiger partial charge in [0.2, 0.25) is 5.91 Å². The van der Waals surface area contributed by atoms with E-state index in [0.717, 1.165) is 11.4 Å². The van der Waals surface area contributed by atoms with E-state index in [1.54, 1.807) is 17.0 Å². The molecule has 1 saturated carbocycles. The van der Waals surface area contributed by atoms with Gasteiger partial charge in [-0.05, 0) is 31.7 Å². The number of halogens is 2. The summed E-state index contributed by atoms with van der Waals surface area (Å²) in [7, 11) is 0. The molecule has 0 spiro atoms. The topological polar surface area (TPSA) is 76.3 Å². The summed E-state index contributed by atoms with van der Waals surface area (Å²) < 4.78 is 0. The molecule has 2 heterocycles. The number of carbonyl (C=O) groups is 2. The van der Waals surface area contributed by atoms with E-state index in [0.29, 0.717) is 38.5 Å². The number of nitrogens with zero attached hydrogens (tertiary/aromatic N) is 2. The molecule has 2 aromatic rings. The highest BCUT2D eigenvalue weighted by molar-refractivity contribution is 7.15. The minimum absolute atomic E-state index is 0.0923. The number of nitrogens with two attached hydrogens (primary N) is 1. The molecule has 4 rings (SSSR count). The van der Waals surface area contributed by atoms with Crippen molar-refractivity contribution < 1.29 is 9.59 Å². The Hall–Kier alpha value is -1.63. The van der Waals surface area contributed by atoms with Gasteiger partial charge in [0, 0.05) is 11.6 Å². The van der Waals surface area contributed by atoms with Gasteiger partial charge in [0.25, 0.3) is 5.91 Å². The van der Waals surface area contributed by atoms with Gasteiger partial charge < -0.3 is 10.6 Å². The maximum absolute atomic E-state index is 13.2. The van der Waals surface area contributed by atoms with Crippen molar-refractivity contribution in [3.63, 3.8) is 0 Å². The number of primary amides is 1. The van der Waals surface area contributed by atoms with E-state index in [1.807, 2.05) is 13.0 Å². The van der Waals surface area contributed by atoms with Gasteiger partial charge in [0.05, 0.1) is 19.9 Å². The van der Waals surface area contributed by atoms with Crippen molar-refractivity contribution in [3.8, 4) is 10.4 Å². The van der Waals surface area contributed by atoms with Gasteiger partial charge in [-0.15, -0.1) is 11.3 Å². The Morgan fingerprint density at radius 1 is 1.32 bits per heavy atom. The van der Waals surface area contributed by atoms with Crippen molar-refractivity contribution in [2.24, 2.45) is 11.7 Å². The molecule has 0 radical (unpaired) electrons. The number of rotatable bonds is 3. The zero-order chi connectivity index (χ0) is 17.9. The van der Waals surface area contributed by atoms with Crippen molar-refractivity contribution in [1.82, 2.24) is 9.88 Å². The summed E-state index contributed by atoms with van der Waals surface area (Å²) >= 11 is 13.8. The fraction of sp³-hybridized carbons (Fsp3) is 0.353. The van der Waals surface area contributed by atoms with Crippen LogP contribution in [0.2, 0.25) is 10.0 Å². The van der Waals surface area contributed by atoms with E-state index < -0.39 is 11.9 Å². The maximum atomic E-state index is 13.2. The first kappa shape index (κ1) is 16.8. The minimum atomic E-state index is -0.555. The van der Waals surface area contributed by atoms with Crippen molar-refractivity contribution in [1.29, 1.82) is 0 Å². The monoisotopic (exact) mass is 395 g/mol. The highest BCUT2D eigenvalue weighted by atomic mass is 35.5. The third kappa shape index (κ3) is 2.72. The molecule has 2 fully saturated rings. The van der Waals surface area contributed by atoms with Crippen LogP contribution in [0.15, 0.2) is 18.2 Å². The number of benzene rings is 1. The summed E-state index contributed by atoms with van der Waals surface area (Å²) in [4.78, 5) is 31.6. The lowest BCUT2D eigenvalue weighted by Gasteiger charge is -2.25. The number of piperidine rings is 1. The van der Waals surface area contributed by atoms with E-state index in [-0.39, 0.29) is 11.9 Å². The Morgan fingerprint density at radius 3 is 2.80 bits per heavy atom. The number of fused-ring (bicyclic) bond motifs is 1. The zero-order valence-electron chi connectivity index (χ0n) is 13.3. The summed E-state index contributed by atoms with van der Waals surface area (Å²) in [5.74, 6) is -0.349. The third-order valence-electron chi connectivity index (χ3n) is 4.80. The van der Waals surface area contributed by atoms with Crippen LogP contribution in [0.5, 0.6) is 0 Å². The van der Waals surface area contributed by atoms with Crippen LogP contribution in [0.1, 0.15) is 28.3 Å². The largest absolute Gasteiger partial charge is 0.368 e. The zero-order valence-corrected chi connectivity index (χ0v) is 15.7. The van der Waals surface area contributed by atoms with Gasteiger partial charge in [0.15, 0.2) is 0 Å². The van der Waals surface area contributed by atoms with Crippen LogP contribution >= 0.6 is 34.5 Å². The predicted octanol–water partition coefficient (Wildman–Crippen LogP) is 3.51. The molecule has 130 valence electrons. The standard InChI is InChI=1S/C17H15Cl2N3O2S/c1-7-21-14(15(25-7)9-3-2-4-10(18)13(9)19)17(24)22-11-5-8(11)6-12(22)16(20)23/h2-4,8,11-12H,5-6H2,1H3,(H2,20,23)/t8-,11+,12+/m1/s1. The molecule has 1 aromatic heterocycles. The van der Waals surface area contributed by atoms with E-state index in [2.05, 4.69) is 4.98 Å². The Balaban J connectivity index is 1.78. The van der Waals surface area contributed by atoms with Crippen LogP contribution in [0.25, 0.3) is 10.4 Å². The second-order valence-electron chi connectivity index (χ2n) is 6.44. The molecule has 2 aliphatic rings. The highest BCUT2D eigenvalue weighted by Crippen LogP contribution is 2.49. The summed E-state index contributed by atoms with van der Waals surface area (Å²) in [6.45, 7) is 1.83. The van der Waals surface area contributed by atoms with Gasteiger partial charge in [-0.25, -0.2) is 4.98 Å². The Kier molecular flexibility index (Phi) is 4.02. The summed E-state index contributed by atoms with van der Waals surface area (Å²) in [5, 5.41) is 1.55. The molecule has 2 amide bonds. The number of likely N-dealkylation sites (tertiary alicyclic amines) is 1. The number of carbonyl (C=O) groups excluding carboxylic acids is 2. The van der Waals surface area contributed by atoms with Crippen molar-refractivity contribution >= 4 is 46.4 Å². The first-order valence-electron chi connectivity index (χ1n) is 7.92. The molecule has 2 N–H and O–H groups in total. The number of hydrogen-bond acceptors (Lipinski definition) is 4. The molecule has 0 unspecified atom stereocenters. The van der Waals surface area contributed by atoms with Crippen LogP contribution in [0.4, 0.5) is 0 Å². The molecule has 0 bridgehead atoms. The second-order valence-corrected chi connectivity index (χ2v) is 8.43. The third-order valence-corrected chi connectivity index (χ3v) is 6.62. The second kappa shape index (κ2) is 5.97. The molecule has 5 nitrogen and oxygen atoms in total. The van der Waals surface area contributed by atoms with E-state index >= 15 is 0 Å². The molecule has 3 atom stereocenters. The van der Waals surface area contributed by atoms with Gasteiger partial charge in [-0.2, -0.15) is 0 Å². The lowest BCUT2D eigenvalue weighted by Crippen LogP contribution is -2.46. The number of hydrogen-bond donors (Lipinski definition) is 1. The summed E-state index contributed by atoms with van der Waals surface area (Å²) in [6.07, 6.45) is 1.56. The summed E-state index contributed by atoms with van der Waals surface area (Å²) in [6, 6.07) is 4.83.